The molecule has 3 rings (SSSR count). The summed E-state index contributed by atoms with van der Waals surface area (Å²) in [7, 11) is 1.67. The van der Waals surface area contributed by atoms with E-state index in [1.165, 1.54) is 0 Å². The molecule has 1 aromatic heterocycles. The van der Waals surface area contributed by atoms with Crippen LogP contribution in [0.3, 0.4) is 0 Å². The van der Waals surface area contributed by atoms with Crippen LogP contribution in [0.25, 0.3) is 0 Å². The number of carbonyl (C=O) groups excluding carboxylic acids is 2. The number of carbonyl (C=O) groups is 2. The second-order valence-corrected chi connectivity index (χ2v) is 10.3. The van der Waals surface area contributed by atoms with Crippen molar-refractivity contribution in [1.82, 2.24) is 14.4 Å². The summed E-state index contributed by atoms with van der Waals surface area (Å²) in [5, 5.41) is 2.97. The lowest BCUT2D eigenvalue weighted by Gasteiger charge is -2.32. The first-order chi connectivity index (χ1) is 18.2. The van der Waals surface area contributed by atoms with Gasteiger partial charge in [-0.3, -0.25) is 4.79 Å². The summed E-state index contributed by atoms with van der Waals surface area (Å²) in [4.78, 5) is 30.4. The number of aromatic nitrogens is 1. The predicted octanol–water partition coefficient (Wildman–Crippen LogP) is 6.17. The maximum atomic E-state index is 13.7. The molecule has 3 amide bonds. The molecule has 0 saturated carbocycles. The van der Waals surface area contributed by atoms with Crippen molar-refractivity contribution in [3.8, 4) is 5.75 Å². The van der Waals surface area contributed by atoms with E-state index in [0.717, 1.165) is 34.7 Å². The van der Waals surface area contributed by atoms with Gasteiger partial charge in [0, 0.05) is 36.7 Å². The highest BCUT2D eigenvalue weighted by molar-refractivity contribution is 5.92. The van der Waals surface area contributed by atoms with Gasteiger partial charge < -0.3 is 24.4 Å². The number of urea groups is 1. The third-order valence-electron chi connectivity index (χ3n) is 6.65. The van der Waals surface area contributed by atoms with Crippen molar-refractivity contribution in [2.24, 2.45) is 5.92 Å². The Balaban J connectivity index is 1.76. The second-order valence-electron chi connectivity index (χ2n) is 10.3. The van der Waals surface area contributed by atoms with Gasteiger partial charge in [-0.15, -0.1) is 0 Å². The largest absolute Gasteiger partial charge is 0.497 e. The maximum Gasteiger partial charge on any atom is 0.322 e. The van der Waals surface area contributed by atoms with Gasteiger partial charge in [-0.25, -0.2) is 4.79 Å². The van der Waals surface area contributed by atoms with Gasteiger partial charge in [0.15, 0.2) is 0 Å². The lowest BCUT2D eigenvalue weighted by atomic mass is 10.1. The molecule has 0 bridgehead atoms. The number of aryl methyl sites for hydroxylation is 1. The SMILES string of the molecule is CCC(C)N(Cc1cccn1Cc1cccc(OC)c1)C(=O)CN(CC(C)C)C(=O)Nc1cccc(C)c1. The molecule has 1 N–H and O–H groups in total. The molecule has 3 aromatic rings. The van der Waals surface area contributed by atoms with E-state index in [0.29, 0.717) is 19.6 Å². The summed E-state index contributed by atoms with van der Waals surface area (Å²) in [5.41, 5.74) is 3.96. The van der Waals surface area contributed by atoms with Crippen molar-refractivity contribution in [1.29, 1.82) is 0 Å². The number of hydrogen-bond donors (Lipinski definition) is 1. The van der Waals surface area contributed by atoms with Crippen LogP contribution in [0, 0.1) is 12.8 Å². The van der Waals surface area contributed by atoms with Crippen LogP contribution >= 0.6 is 0 Å². The number of nitrogens with one attached hydrogen (secondary N) is 1. The third-order valence-corrected chi connectivity index (χ3v) is 6.65. The van der Waals surface area contributed by atoms with Gasteiger partial charge in [-0.2, -0.15) is 0 Å². The minimum Gasteiger partial charge on any atom is -0.497 e. The topological polar surface area (TPSA) is 66.8 Å². The van der Waals surface area contributed by atoms with Gasteiger partial charge in [0.05, 0.1) is 13.7 Å². The summed E-state index contributed by atoms with van der Waals surface area (Å²) in [5.74, 6) is 0.985. The molecule has 0 aliphatic rings. The zero-order valence-corrected chi connectivity index (χ0v) is 23.6. The lowest BCUT2D eigenvalue weighted by Crippen LogP contribution is -2.48. The summed E-state index contributed by atoms with van der Waals surface area (Å²) in [6, 6.07) is 19.5. The van der Waals surface area contributed by atoms with Crippen LogP contribution < -0.4 is 10.1 Å². The van der Waals surface area contributed by atoms with Crippen LogP contribution in [-0.4, -0.2) is 52.5 Å². The lowest BCUT2D eigenvalue weighted by molar-refractivity contribution is -0.134. The Hall–Kier alpha value is -3.74. The molecular weight excluding hydrogens is 476 g/mol. The highest BCUT2D eigenvalue weighted by Crippen LogP contribution is 2.18. The first-order valence-corrected chi connectivity index (χ1v) is 13.4. The number of amides is 3. The fourth-order valence-corrected chi connectivity index (χ4v) is 4.44. The van der Waals surface area contributed by atoms with E-state index in [1.807, 2.05) is 66.6 Å². The van der Waals surface area contributed by atoms with Gasteiger partial charge in [-0.1, -0.05) is 45.0 Å². The zero-order chi connectivity index (χ0) is 27.7. The number of nitrogens with zero attached hydrogens (tertiary/aromatic N) is 3. The Morgan fingerprint density at radius 2 is 1.79 bits per heavy atom. The Labute approximate surface area is 227 Å². The van der Waals surface area contributed by atoms with Crippen LogP contribution in [0.15, 0.2) is 66.9 Å². The molecular formula is C31H42N4O3. The summed E-state index contributed by atoms with van der Waals surface area (Å²) in [6.45, 7) is 11.9. The first-order valence-electron chi connectivity index (χ1n) is 13.4. The number of hydrogen-bond acceptors (Lipinski definition) is 3. The molecule has 0 spiro atoms. The van der Waals surface area contributed by atoms with Gasteiger partial charge in [0.1, 0.15) is 12.3 Å². The zero-order valence-electron chi connectivity index (χ0n) is 23.6. The smallest absolute Gasteiger partial charge is 0.322 e. The summed E-state index contributed by atoms with van der Waals surface area (Å²) < 4.78 is 7.53. The van der Waals surface area contributed by atoms with Crippen molar-refractivity contribution in [3.63, 3.8) is 0 Å². The summed E-state index contributed by atoms with van der Waals surface area (Å²) >= 11 is 0. The Morgan fingerprint density at radius 1 is 1.03 bits per heavy atom. The molecule has 7 heteroatoms. The minimum absolute atomic E-state index is 0.0246. The predicted molar refractivity (Wildman–Crippen MR) is 153 cm³/mol. The van der Waals surface area contributed by atoms with E-state index in [9.17, 15) is 9.59 Å². The van der Waals surface area contributed by atoms with Crippen molar-refractivity contribution in [2.45, 2.75) is 60.2 Å². The van der Waals surface area contributed by atoms with Crippen LogP contribution in [-0.2, 0) is 17.9 Å². The quantitative estimate of drug-likeness (QED) is 0.312. The fraction of sp³-hybridized carbons (Fsp3) is 0.419. The van der Waals surface area contributed by atoms with Gasteiger partial charge in [-0.05, 0) is 73.7 Å². The molecule has 2 aromatic carbocycles. The van der Waals surface area contributed by atoms with Crippen molar-refractivity contribution in [2.75, 3.05) is 25.5 Å². The molecule has 1 unspecified atom stereocenters. The normalized spacial score (nSPS) is 11.8. The Bertz CT molecular complexity index is 1200. The highest BCUT2D eigenvalue weighted by Gasteiger charge is 2.25. The standard InChI is InChI=1S/C31H42N4O3/c1-7-25(5)35(21-28-14-10-16-33(28)20-26-12-9-15-29(18-26)38-6)30(36)22-34(19-23(2)3)31(37)32-27-13-8-11-24(4)17-27/h8-18,23,25H,7,19-22H2,1-6H3,(H,32,37). The van der Waals surface area contributed by atoms with E-state index >= 15 is 0 Å². The fourth-order valence-electron chi connectivity index (χ4n) is 4.44. The molecule has 0 saturated heterocycles. The number of anilines is 1. The number of methoxy groups -OCH3 is 1. The van der Waals surface area contributed by atoms with Crippen LogP contribution in [0.1, 0.15) is 50.9 Å². The van der Waals surface area contributed by atoms with Gasteiger partial charge in [0.2, 0.25) is 5.91 Å². The molecule has 7 nitrogen and oxygen atoms in total. The van der Waals surface area contributed by atoms with Crippen molar-refractivity contribution < 1.29 is 14.3 Å². The van der Waals surface area contributed by atoms with E-state index in [1.54, 1.807) is 12.0 Å². The van der Waals surface area contributed by atoms with Crippen molar-refractivity contribution >= 4 is 17.6 Å². The molecule has 0 aliphatic carbocycles. The van der Waals surface area contributed by atoms with E-state index in [4.69, 9.17) is 4.74 Å². The van der Waals surface area contributed by atoms with Crippen LogP contribution in [0.5, 0.6) is 5.75 Å². The number of rotatable bonds is 12. The Kier molecular flexibility index (Phi) is 10.4. The molecule has 0 radical (unpaired) electrons. The third kappa shape index (κ3) is 8.13. The van der Waals surface area contributed by atoms with Gasteiger partial charge >= 0.3 is 6.03 Å². The second kappa shape index (κ2) is 13.7. The van der Waals surface area contributed by atoms with E-state index in [2.05, 4.69) is 49.7 Å². The highest BCUT2D eigenvalue weighted by atomic mass is 16.5. The van der Waals surface area contributed by atoms with Crippen LogP contribution in [0.4, 0.5) is 10.5 Å². The molecule has 0 aliphatic heterocycles. The van der Waals surface area contributed by atoms with E-state index < -0.39 is 0 Å². The Morgan fingerprint density at radius 3 is 2.47 bits per heavy atom. The first kappa shape index (κ1) is 28.8. The number of benzene rings is 2. The molecule has 204 valence electrons. The molecule has 1 atom stereocenters. The van der Waals surface area contributed by atoms with Crippen LogP contribution in [0.2, 0.25) is 0 Å². The minimum atomic E-state index is -0.261. The molecule has 38 heavy (non-hydrogen) atoms. The molecule has 1 heterocycles. The monoisotopic (exact) mass is 518 g/mol. The average molecular weight is 519 g/mol. The summed E-state index contributed by atoms with van der Waals surface area (Å²) in [6.07, 6.45) is 2.86. The van der Waals surface area contributed by atoms with E-state index in [-0.39, 0.29) is 30.4 Å². The van der Waals surface area contributed by atoms with Gasteiger partial charge in [0.25, 0.3) is 0 Å². The maximum absolute atomic E-state index is 13.7. The van der Waals surface area contributed by atoms with Crippen molar-refractivity contribution in [3.05, 3.63) is 83.7 Å². The average Bonchev–Trinajstić information content (AvgIpc) is 3.32. The molecule has 0 fully saturated rings. The number of ether oxygens (including phenoxy) is 1.